The Bertz CT molecular complexity index is 831. The van der Waals surface area contributed by atoms with Crippen molar-refractivity contribution in [3.8, 4) is 5.75 Å². The van der Waals surface area contributed by atoms with Crippen LogP contribution in [0.3, 0.4) is 0 Å². The third-order valence-corrected chi connectivity index (χ3v) is 5.25. The molecular formula is C20H21BrCl2N2O3. The Morgan fingerprint density at radius 3 is 2.36 bits per heavy atom. The minimum absolute atomic E-state index is 0.207. The number of likely N-dealkylation sites (N-methyl/N-ethyl adjacent to an activating group) is 1. The maximum Gasteiger partial charge on any atom is 0.261 e. The molecule has 0 aliphatic heterocycles. The van der Waals surface area contributed by atoms with Gasteiger partial charge in [-0.15, -0.1) is 0 Å². The summed E-state index contributed by atoms with van der Waals surface area (Å²) in [6.45, 7) is 1.92. The van der Waals surface area contributed by atoms with Crippen molar-refractivity contribution in [3.63, 3.8) is 0 Å². The Morgan fingerprint density at radius 2 is 1.79 bits per heavy atom. The molecule has 8 heteroatoms. The molecule has 2 aromatic carbocycles. The summed E-state index contributed by atoms with van der Waals surface area (Å²) in [5, 5.41) is 3.78. The van der Waals surface area contributed by atoms with Gasteiger partial charge in [-0.1, -0.05) is 42.3 Å². The third-order valence-electron chi connectivity index (χ3n) is 4.14. The maximum absolute atomic E-state index is 12.9. The molecule has 5 nitrogen and oxygen atoms in total. The van der Waals surface area contributed by atoms with Gasteiger partial charge in [0, 0.05) is 23.6 Å². The zero-order valence-corrected chi connectivity index (χ0v) is 18.6. The van der Waals surface area contributed by atoms with E-state index < -0.39 is 6.04 Å². The van der Waals surface area contributed by atoms with Crippen molar-refractivity contribution in [1.82, 2.24) is 10.2 Å². The molecule has 28 heavy (non-hydrogen) atoms. The molecule has 0 spiro atoms. The Labute approximate surface area is 183 Å². The van der Waals surface area contributed by atoms with Gasteiger partial charge in [0.05, 0.1) is 4.47 Å². The predicted molar refractivity (Wildman–Crippen MR) is 115 cm³/mol. The van der Waals surface area contributed by atoms with Gasteiger partial charge in [0.15, 0.2) is 6.61 Å². The second kappa shape index (κ2) is 10.7. The Morgan fingerprint density at radius 1 is 1.14 bits per heavy atom. The fourth-order valence-electron chi connectivity index (χ4n) is 2.69. The van der Waals surface area contributed by atoms with E-state index in [0.29, 0.717) is 26.7 Å². The van der Waals surface area contributed by atoms with Gasteiger partial charge in [-0.2, -0.15) is 0 Å². The monoisotopic (exact) mass is 486 g/mol. The van der Waals surface area contributed by atoms with Crippen molar-refractivity contribution in [2.75, 3.05) is 13.7 Å². The number of halogens is 3. The van der Waals surface area contributed by atoms with Crippen molar-refractivity contribution < 1.29 is 14.3 Å². The molecule has 0 radical (unpaired) electrons. The number of nitrogens with zero attached hydrogens (tertiary/aromatic N) is 1. The van der Waals surface area contributed by atoms with E-state index in [1.807, 2.05) is 19.1 Å². The molecule has 150 valence electrons. The van der Waals surface area contributed by atoms with Crippen LogP contribution in [0.1, 0.15) is 18.9 Å². The van der Waals surface area contributed by atoms with E-state index in [1.54, 1.807) is 37.4 Å². The fourth-order valence-corrected chi connectivity index (χ4v) is 3.61. The molecule has 0 saturated carbocycles. The molecule has 0 saturated heterocycles. The lowest BCUT2D eigenvalue weighted by Crippen LogP contribution is -2.49. The van der Waals surface area contributed by atoms with Gasteiger partial charge in [0.2, 0.25) is 5.91 Å². The number of amides is 2. The van der Waals surface area contributed by atoms with Gasteiger partial charge < -0.3 is 15.0 Å². The summed E-state index contributed by atoms with van der Waals surface area (Å²) in [5.41, 5.74) is 0.868. The Balaban J connectivity index is 2.19. The van der Waals surface area contributed by atoms with Crippen molar-refractivity contribution in [3.05, 3.63) is 62.5 Å². The van der Waals surface area contributed by atoms with Crippen LogP contribution in [-0.4, -0.2) is 36.4 Å². The number of benzene rings is 2. The van der Waals surface area contributed by atoms with Gasteiger partial charge in [-0.25, -0.2) is 0 Å². The average molecular weight is 488 g/mol. The molecule has 1 N–H and O–H groups in total. The molecule has 0 aliphatic carbocycles. The van der Waals surface area contributed by atoms with Crippen LogP contribution in [0, 0.1) is 0 Å². The number of hydrogen-bond acceptors (Lipinski definition) is 3. The minimum atomic E-state index is -0.606. The molecule has 0 aliphatic rings. The average Bonchev–Trinajstić information content (AvgIpc) is 2.68. The highest BCUT2D eigenvalue weighted by molar-refractivity contribution is 9.10. The zero-order chi connectivity index (χ0) is 20.7. The lowest BCUT2D eigenvalue weighted by Gasteiger charge is -2.30. The van der Waals surface area contributed by atoms with Gasteiger partial charge in [-0.3, -0.25) is 9.59 Å². The van der Waals surface area contributed by atoms with Crippen LogP contribution in [0.15, 0.2) is 46.9 Å². The molecule has 0 bridgehead atoms. The van der Waals surface area contributed by atoms with Crippen LogP contribution in [0.4, 0.5) is 0 Å². The zero-order valence-electron chi connectivity index (χ0n) is 15.5. The van der Waals surface area contributed by atoms with E-state index in [4.69, 9.17) is 27.9 Å². The number of carbonyl (C=O) groups is 2. The molecule has 2 aromatic rings. The van der Waals surface area contributed by atoms with E-state index in [1.165, 1.54) is 4.90 Å². The van der Waals surface area contributed by atoms with E-state index >= 15 is 0 Å². The second-order valence-electron chi connectivity index (χ2n) is 6.05. The number of rotatable bonds is 8. The standard InChI is InChI=1S/C20H21BrCl2N2O3/c1-3-17(20(27)24-2)25(11-13-4-6-14(22)7-5-13)19(26)12-28-18-9-8-15(23)10-16(18)21/h4-10,17H,3,11-12H2,1-2H3,(H,24,27). The Kier molecular flexibility index (Phi) is 8.60. The highest BCUT2D eigenvalue weighted by Gasteiger charge is 2.28. The summed E-state index contributed by atoms with van der Waals surface area (Å²) >= 11 is 15.2. The summed E-state index contributed by atoms with van der Waals surface area (Å²) in [7, 11) is 1.55. The van der Waals surface area contributed by atoms with Gasteiger partial charge in [0.1, 0.15) is 11.8 Å². The van der Waals surface area contributed by atoms with Gasteiger partial charge in [0.25, 0.3) is 5.91 Å². The first-order valence-corrected chi connectivity index (χ1v) is 10.2. The summed E-state index contributed by atoms with van der Waals surface area (Å²) in [6, 6.07) is 11.6. The number of ether oxygens (including phenoxy) is 1. The summed E-state index contributed by atoms with van der Waals surface area (Å²) in [4.78, 5) is 26.8. The first kappa shape index (κ1) is 22.5. The highest BCUT2D eigenvalue weighted by atomic mass is 79.9. The molecule has 2 amide bonds. The third kappa shape index (κ3) is 6.12. The van der Waals surface area contributed by atoms with Gasteiger partial charge in [-0.05, 0) is 58.2 Å². The van der Waals surface area contributed by atoms with Crippen molar-refractivity contribution >= 4 is 50.9 Å². The van der Waals surface area contributed by atoms with Crippen molar-refractivity contribution in [2.45, 2.75) is 25.9 Å². The lowest BCUT2D eigenvalue weighted by molar-refractivity contribution is -0.142. The summed E-state index contributed by atoms with van der Waals surface area (Å²) in [5.74, 6) is -0.0260. The van der Waals surface area contributed by atoms with E-state index in [9.17, 15) is 9.59 Å². The van der Waals surface area contributed by atoms with Gasteiger partial charge >= 0.3 is 0 Å². The Hall–Kier alpha value is -1.76. The van der Waals surface area contributed by atoms with Crippen LogP contribution >= 0.6 is 39.1 Å². The van der Waals surface area contributed by atoms with Crippen LogP contribution in [0.25, 0.3) is 0 Å². The van der Waals surface area contributed by atoms with Crippen LogP contribution in [0.2, 0.25) is 10.0 Å². The largest absolute Gasteiger partial charge is 0.483 e. The van der Waals surface area contributed by atoms with Crippen molar-refractivity contribution in [2.24, 2.45) is 0 Å². The molecule has 0 fully saturated rings. The highest BCUT2D eigenvalue weighted by Crippen LogP contribution is 2.28. The molecule has 1 atom stereocenters. The molecular weight excluding hydrogens is 467 g/mol. The topological polar surface area (TPSA) is 58.6 Å². The number of hydrogen-bond donors (Lipinski definition) is 1. The first-order valence-electron chi connectivity index (χ1n) is 8.69. The fraction of sp³-hybridized carbons (Fsp3) is 0.300. The minimum Gasteiger partial charge on any atom is -0.483 e. The molecule has 1 unspecified atom stereocenters. The number of carbonyl (C=O) groups excluding carboxylic acids is 2. The quantitative estimate of drug-likeness (QED) is 0.587. The predicted octanol–water partition coefficient (Wildman–Crippen LogP) is 4.69. The smallest absolute Gasteiger partial charge is 0.261 e. The lowest BCUT2D eigenvalue weighted by atomic mass is 10.1. The van der Waals surface area contributed by atoms with Crippen LogP contribution in [0.5, 0.6) is 5.75 Å². The molecule has 0 heterocycles. The van der Waals surface area contributed by atoms with E-state index in [0.717, 1.165) is 5.56 Å². The molecule has 0 aromatic heterocycles. The molecule has 2 rings (SSSR count). The maximum atomic E-state index is 12.9. The van der Waals surface area contributed by atoms with E-state index in [2.05, 4.69) is 21.2 Å². The summed E-state index contributed by atoms with van der Waals surface area (Å²) in [6.07, 6.45) is 0.476. The second-order valence-corrected chi connectivity index (χ2v) is 7.78. The normalized spacial score (nSPS) is 11.6. The van der Waals surface area contributed by atoms with Crippen LogP contribution in [-0.2, 0) is 16.1 Å². The van der Waals surface area contributed by atoms with E-state index in [-0.39, 0.29) is 25.0 Å². The first-order chi connectivity index (χ1) is 13.3. The van der Waals surface area contributed by atoms with Crippen LogP contribution < -0.4 is 10.1 Å². The van der Waals surface area contributed by atoms with Crippen molar-refractivity contribution in [1.29, 1.82) is 0 Å². The SMILES string of the molecule is CCC(C(=O)NC)N(Cc1ccc(Cl)cc1)C(=O)COc1ccc(Cl)cc1Br. The summed E-state index contributed by atoms with van der Waals surface area (Å²) < 4.78 is 6.30. The number of nitrogens with one attached hydrogen (secondary N) is 1.